The number of carbonyl (C=O) groups is 1. The van der Waals surface area contributed by atoms with Gasteiger partial charge in [0.15, 0.2) is 0 Å². The van der Waals surface area contributed by atoms with Crippen LogP contribution >= 0.6 is 0 Å². The fourth-order valence-corrected chi connectivity index (χ4v) is 2.13. The number of rotatable bonds is 6. The zero-order valence-electron chi connectivity index (χ0n) is 14.0. The maximum atomic E-state index is 11.4. The molecule has 0 aliphatic carbocycles. The molecule has 0 aliphatic heterocycles. The highest BCUT2D eigenvalue weighted by Crippen LogP contribution is 2.13. The second-order valence-corrected chi connectivity index (χ2v) is 6.38. The third-order valence-electron chi connectivity index (χ3n) is 3.14. The third-order valence-corrected chi connectivity index (χ3v) is 3.14. The van der Waals surface area contributed by atoms with E-state index in [2.05, 4.69) is 39.9 Å². The van der Waals surface area contributed by atoms with E-state index in [9.17, 15) is 4.79 Å². The molecular formula is C18H25N3O2. The minimum atomic E-state index is -0.463. The van der Waals surface area contributed by atoms with Crippen LogP contribution < -0.4 is 10.6 Å². The van der Waals surface area contributed by atoms with Crippen LogP contribution in [0.3, 0.4) is 0 Å². The van der Waals surface area contributed by atoms with Gasteiger partial charge in [-0.1, -0.05) is 24.3 Å². The van der Waals surface area contributed by atoms with E-state index in [0.29, 0.717) is 6.54 Å². The average molecular weight is 315 g/mol. The molecule has 1 heterocycles. The maximum Gasteiger partial charge on any atom is 0.407 e. The first-order chi connectivity index (χ1) is 10.9. The lowest BCUT2D eigenvalue weighted by Gasteiger charge is -2.19. The molecule has 5 heteroatoms. The summed E-state index contributed by atoms with van der Waals surface area (Å²) in [5.41, 5.74) is 1.93. The summed E-state index contributed by atoms with van der Waals surface area (Å²) in [5, 5.41) is 7.25. The van der Waals surface area contributed by atoms with Gasteiger partial charge in [-0.05, 0) is 43.9 Å². The number of ether oxygens (including phenoxy) is 1. The van der Waals surface area contributed by atoms with E-state index in [1.807, 2.05) is 39.1 Å². The topological polar surface area (TPSA) is 66.2 Å². The average Bonchev–Trinajstić information content (AvgIpc) is 2.92. The monoisotopic (exact) mass is 315 g/mol. The van der Waals surface area contributed by atoms with Crippen molar-refractivity contribution in [3.05, 3.63) is 48.2 Å². The van der Waals surface area contributed by atoms with Crippen LogP contribution in [0.25, 0.3) is 10.9 Å². The smallest absolute Gasteiger partial charge is 0.407 e. The van der Waals surface area contributed by atoms with Crippen LogP contribution in [0, 0.1) is 0 Å². The van der Waals surface area contributed by atoms with Gasteiger partial charge in [0, 0.05) is 31.3 Å². The molecule has 124 valence electrons. The first kappa shape index (κ1) is 17.1. The van der Waals surface area contributed by atoms with E-state index in [4.69, 9.17) is 4.74 Å². The van der Waals surface area contributed by atoms with Crippen LogP contribution in [0.2, 0.25) is 0 Å². The van der Waals surface area contributed by atoms with Crippen molar-refractivity contribution in [1.29, 1.82) is 0 Å². The Balaban J connectivity index is 1.62. The summed E-state index contributed by atoms with van der Waals surface area (Å²) in [5.74, 6) is 0. The van der Waals surface area contributed by atoms with Gasteiger partial charge in [0.05, 0.1) is 0 Å². The SMILES string of the molecule is CC(C)(C)OC(=O)NC/C=C/CNCc1ccc2cc[nH]c2c1. The van der Waals surface area contributed by atoms with Crippen LogP contribution in [0.15, 0.2) is 42.6 Å². The normalized spacial score (nSPS) is 12.0. The fraction of sp³-hybridized carbons (Fsp3) is 0.389. The van der Waals surface area contributed by atoms with Crippen molar-refractivity contribution in [3.8, 4) is 0 Å². The molecule has 5 nitrogen and oxygen atoms in total. The number of amides is 1. The van der Waals surface area contributed by atoms with Crippen LogP contribution in [-0.2, 0) is 11.3 Å². The van der Waals surface area contributed by atoms with Crippen molar-refractivity contribution in [2.45, 2.75) is 32.9 Å². The van der Waals surface area contributed by atoms with Crippen LogP contribution in [0.5, 0.6) is 0 Å². The standard InChI is InChI=1S/C18H25N3O2/c1-18(2,3)23-17(22)21-10-5-4-9-19-13-14-6-7-15-8-11-20-16(15)12-14/h4-8,11-12,19-20H,9-10,13H2,1-3H3,(H,21,22)/b5-4+. The van der Waals surface area contributed by atoms with Gasteiger partial charge in [-0.3, -0.25) is 0 Å². The Labute approximate surface area is 137 Å². The molecule has 1 aromatic heterocycles. The Morgan fingerprint density at radius 1 is 1.22 bits per heavy atom. The lowest BCUT2D eigenvalue weighted by molar-refractivity contribution is 0.0534. The van der Waals surface area contributed by atoms with Crippen molar-refractivity contribution < 1.29 is 9.53 Å². The minimum Gasteiger partial charge on any atom is -0.444 e. The van der Waals surface area contributed by atoms with Crippen molar-refractivity contribution in [2.24, 2.45) is 0 Å². The quantitative estimate of drug-likeness (QED) is 0.566. The van der Waals surface area contributed by atoms with Crippen LogP contribution in [-0.4, -0.2) is 29.8 Å². The predicted octanol–water partition coefficient (Wildman–Crippen LogP) is 3.34. The highest BCUT2D eigenvalue weighted by Gasteiger charge is 2.14. The molecule has 1 aromatic carbocycles. The zero-order valence-corrected chi connectivity index (χ0v) is 14.0. The highest BCUT2D eigenvalue weighted by atomic mass is 16.6. The van der Waals surface area contributed by atoms with E-state index >= 15 is 0 Å². The molecule has 2 rings (SSSR count). The summed E-state index contributed by atoms with van der Waals surface area (Å²) < 4.78 is 5.15. The molecule has 0 spiro atoms. The molecule has 0 aliphatic rings. The van der Waals surface area contributed by atoms with Gasteiger partial charge >= 0.3 is 6.09 Å². The van der Waals surface area contributed by atoms with E-state index in [0.717, 1.165) is 18.6 Å². The lowest BCUT2D eigenvalue weighted by atomic mass is 10.1. The van der Waals surface area contributed by atoms with E-state index in [1.165, 1.54) is 10.9 Å². The first-order valence-corrected chi connectivity index (χ1v) is 7.83. The van der Waals surface area contributed by atoms with Gasteiger partial charge in [-0.25, -0.2) is 4.79 Å². The van der Waals surface area contributed by atoms with Crippen molar-refractivity contribution >= 4 is 17.0 Å². The number of fused-ring (bicyclic) bond motifs is 1. The second kappa shape index (κ2) is 7.83. The molecule has 0 unspecified atom stereocenters. The summed E-state index contributed by atoms with van der Waals surface area (Å²) in [7, 11) is 0. The van der Waals surface area contributed by atoms with E-state index in [1.54, 1.807) is 0 Å². The first-order valence-electron chi connectivity index (χ1n) is 7.83. The molecular weight excluding hydrogens is 290 g/mol. The summed E-state index contributed by atoms with van der Waals surface area (Å²) in [6.45, 7) is 7.55. The number of nitrogens with one attached hydrogen (secondary N) is 3. The molecule has 23 heavy (non-hydrogen) atoms. The number of hydrogen-bond donors (Lipinski definition) is 3. The van der Waals surface area contributed by atoms with Gasteiger partial charge in [-0.2, -0.15) is 0 Å². The van der Waals surface area contributed by atoms with Gasteiger partial charge < -0.3 is 20.4 Å². The largest absolute Gasteiger partial charge is 0.444 e. The Hall–Kier alpha value is -2.27. The molecule has 0 fully saturated rings. The molecule has 0 bridgehead atoms. The Morgan fingerprint density at radius 3 is 2.78 bits per heavy atom. The highest BCUT2D eigenvalue weighted by molar-refractivity contribution is 5.79. The third kappa shape index (κ3) is 6.16. The van der Waals surface area contributed by atoms with E-state index < -0.39 is 11.7 Å². The number of hydrogen-bond acceptors (Lipinski definition) is 3. The Bertz CT molecular complexity index is 668. The summed E-state index contributed by atoms with van der Waals surface area (Å²) in [6, 6.07) is 8.45. The number of carbonyl (C=O) groups excluding carboxylic acids is 1. The number of aromatic nitrogens is 1. The summed E-state index contributed by atoms with van der Waals surface area (Å²) in [4.78, 5) is 14.6. The molecule has 3 N–H and O–H groups in total. The molecule has 0 radical (unpaired) electrons. The second-order valence-electron chi connectivity index (χ2n) is 6.38. The van der Waals surface area contributed by atoms with E-state index in [-0.39, 0.29) is 0 Å². The summed E-state index contributed by atoms with van der Waals surface area (Å²) >= 11 is 0. The fourth-order valence-electron chi connectivity index (χ4n) is 2.13. The van der Waals surface area contributed by atoms with Crippen LogP contribution in [0.4, 0.5) is 4.79 Å². The molecule has 1 amide bonds. The minimum absolute atomic E-state index is 0.394. The van der Waals surface area contributed by atoms with Gasteiger partial charge in [0.25, 0.3) is 0 Å². The number of benzene rings is 1. The Kier molecular flexibility index (Phi) is 5.82. The van der Waals surface area contributed by atoms with Crippen molar-refractivity contribution in [3.63, 3.8) is 0 Å². The van der Waals surface area contributed by atoms with Gasteiger partial charge in [-0.15, -0.1) is 0 Å². The Morgan fingerprint density at radius 2 is 2.00 bits per heavy atom. The van der Waals surface area contributed by atoms with Crippen molar-refractivity contribution in [2.75, 3.05) is 13.1 Å². The molecule has 0 saturated heterocycles. The van der Waals surface area contributed by atoms with Crippen molar-refractivity contribution in [1.82, 2.24) is 15.6 Å². The number of alkyl carbamates (subject to hydrolysis) is 1. The zero-order chi connectivity index (χ0) is 16.7. The maximum absolute atomic E-state index is 11.4. The van der Waals surface area contributed by atoms with Gasteiger partial charge in [0.2, 0.25) is 0 Å². The summed E-state index contributed by atoms with van der Waals surface area (Å²) in [6.07, 6.45) is 5.45. The number of aromatic amines is 1. The molecule has 2 aromatic rings. The lowest BCUT2D eigenvalue weighted by Crippen LogP contribution is -2.32. The van der Waals surface area contributed by atoms with Gasteiger partial charge in [0.1, 0.15) is 5.60 Å². The number of H-pyrrole nitrogens is 1. The molecule has 0 saturated carbocycles. The van der Waals surface area contributed by atoms with Crippen LogP contribution in [0.1, 0.15) is 26.3 Å². The molecule has 0 atom stereocenters. The predicted molar refractivity (Wildman–Crippen MR) is 93.4 cm³/mol.